The number of nitrogens with one attached hydrogen (secondary N) is 1. The number of fused-ring (bicyclic) bond motifs is 3. The van der Waals surface area contributed by atoms with Gasteiger partial charge in [-0.2, -0.15) is 0 Å². The highest BCUT2D eigenvalue weighted by molar-refractivity contribution is 5.84. The van der Waals surface area contributed by atoms with Gasteiger partial charge >= 0.3 is 12.1 Å². The van der Waals surface area contributed by atoms with Crippen LogP contribution in [0.25, 0.3) is 11.1 Å². The molecule has 2 amide bonds. The molecule has 1 saturated heterocycles. The lowest BCUT2D eigenvalue weighted by atomic mass is 9.98. The number of benzene rings is 2. The van der Waals surface area contributed by atoms with Gasteiger partial charge in [-0.1, -0.05) is 61.9 Å². The molecule has 180 valence electrons. The third kappa shape index (κ3) is 5.08. The Morgan fingerprint density at radius 1 is 1.00 bits per heavy atom. The van der Waals surface area contributed by atoms with E-state index in [2.05, 4.69) is 29.6 Å². The highest BCUT2D eigenvalue weighted by Gasteiger charge is 2.39. The molecule has 2 aromatic carbocycles. The molecule has 1 aliphatic heterocycles. The molecule has 7 nitrogen and oxygen atoms in total. The molecule has 34 heavy (non-hydrogen) atoms. The fraction of sp³-hybridized carbons (Fsp3) is 0.444. The van der Waals surface area contributed by atoms with Crippen LogP contribution in [0.2, 0.25) is 0 Å². The van der Waals surface area contributed by atoms with Gasteiger partial charge in [-0.3, -0.25) is 4.79 Å². The molecule has 4 rings (SSSR count). The molecule has 7 heteroatoms. The summed E-state index contributed by atoms with van der Waals surface area (Å²) in [6.45, 7) is 3.15. The zero-order chi connectivity index (χ0) is 24.1. The van der Waals surface area contributed by atoms with Gasteiger partial charge in [0.15, 0.2) is 0 Å². The van der Waals surface area contributed by atoms with Gasteiger partial charge < -0.3 is 20.1 Å². The number of nitrogens with zero attached hydrogens (tertiary/aromatic N) is 1. The minimum atomic E-state index is -0.925. The largest absolute Gasteiger partial charge is 0.480 e. The van der Waals surface area contributed by atoms with Crippen LogP contribution in [0.1, 0.15) is 56.1 Å². The summed E-state index contributed by atoms with van der Waals surface area (Å²) < 4.78 is 5.53. The maximum absolute atomic E-state index is 12.4. The normalized spacial score (nSPS) is 18.9. The molecule has 2 aromatic rings. The van der Waals surface area contributed by atoms with Crippen LogP contribution in [-0.2, 0) is 14.3 Å². The van der Waals surface area contributed by atoms with Crippen molar-refractivity contribution in [3.8, 4) is 11.1 Å². The molecule has 2 atom stereocenters. The van der Waals surface area contributed by atoms with Crippen LogP contribution in [-0.4, -0.2) is 53.7 Å². The van der Waals surface area contributed by atoms with Crippen molar-refractivity contribution in [2.45, 2.75) is 51.0 Å². The number of amides is 2. The van der Waals surface area contributed by atoms with Crippen molar-refractivity contribution >= 4 is 18.0 Å². The SMILES string of the molecule is CC1CCN(C(=O)CCCCCNC(=O)OCC2c3ccccc3-c3ccccc32)C1C(=O)O. The highest BCUT2D eigenvalue weighted by atomic mass is 16.5. The standard InChI is InChI=1S/C27H32N2O5/c1-18-14-16-29(25(18)26(31)32)24(30)13-3-2-8-15-28-27(33)34-17-23-21-11-6-4-9-19(21)20-10-5-7-12-22(20)23/h4-7,9-12,18,23,25H,2-3,8,13-17H2,1H3,(H,28,33)(H,31,32). The predicted octanol–water partition coefficient (Wildman–Crippen LogP) is 4.41. The maximum Gasteiger partial charge on any atom is 0.407 e. The van der Waals surface area contributed by atoms with E-state index in [1.54, 1.807) is 0 Å². The molecule has 0 spiro atoms. The molecular formula is C27H32N2O5. The number of hydrogen-bond acceptors (Lipinski definition) is 4. The average molecular weight is 465 g/mol. The Labute approximate surface area is 200 Å². The van der Waals surface area contributed by atoms with Crippen LogP contribution in [0.15, 0.2) is 48.5 Å². The summed E-state index contributed by atoms with van der Waals surface area (Å²) in [5.74, 6) is -0.998. The van der Waals surface area contributed by atoms with E-state index in [0.29, 0.717) is 25.9 Å². The molecule has 1 heterocycles. The van der Waals surface area contributed by atoms with Crippen molar-refractivity contribution in [2.75, 3.05) is 19.7 Å². The number of ether oxygens (including phenoxy) is 1. The number of carboxylic acid groups (broad SMARTS) is 1. The summed E-state index contributed by atoms with van der Waals surface area (Å²) in [5.41, 5.74) is 4.75. The summed E-state index contributed by atoms with van der Waals surface area (Å²) in [7, 11) is 0. The quantitative estimate of drug-likeness (QED) is 0.536. The second-order valence-corrected chi connectivity index (χ2v) is 9.20. The third-order valence-electron chi connectivity index (χ3n) is 6.95. The fourth-order valence-corrected chi connectivity index (χ4v) is 5.16. The van der Waals surface area contributed by atoms with E-state index < -0.39 is 18.1 Å². The number of likely N-dealkylation sites (tertiary alicyclic amines) is 1. The Kier molecular flexibility index (Phi) is 7.50. The Morgan fingerprint density at radius 3 is 2.29 bits per heavy atom. The van der Waals surface area contributed by atoms with Crippen LogP contribution >= 0.6 is 0 Å². The topological polar surface area (TPSA) is 95.9 Å². The molecule has 2 unspecified atom stereocenters. The Hall–Kier alpha value is -3.35. The molecule has 1 aliphatic carbocycles. The van der Waals surface area contributed by atoms with Crippen molar-refractivity contribution in [1.29, 1.82) is 0 Å². The van der Waals surface area contributed by atoms with E-state index in [9.17, 15) is 19.5 Å². The van der Waals surface area contributed by atoms with Gasteiger partial charge in [-0.05, 0) is 47.4 Å². The number of rotatable bonds is 9. The summed E-state index contributed by atoms with van der Waals surface area (Å²) in [6.07, 6.45) is 2.80. The van der Waals surface area contributed by atoms with E-state index in [1.165, 1.54) is 27.2 Å². The van der Waals surface area contributed by atoms with Crippen molar-refractivity contribution in [3.63, 3.8) is 0 Å². The first-order valence-corrected chi connectivity index (χ1v) is 12.1. The van der Waals surface area contributed by atoms with E-state index in [1.807, 2.05) is 31.2 Å². The van der Waals surface area contributed by atoms with Crippen LogP contribution in [0.5, 0.6) is 0 Å². The number of carboxylic acids is 1. The van der Waals surface area contributed by atoms with Crippen molar-refractivity contribution in [1.82, 2.24) is 10.2 Å². The van der Waals surface area contributed by atoms with Crippen LogP contribution < -0.4 is 5.32 Å². The molecule has 0 saturated carbocycles. The maximum atomic E-state index is 12.4. The van der Waals surface area contributed by atoms with E-state index >= 15 is 0 Å². The average Bonchev–Trinajstić information content (AvgIpc) is 3.38. The summed E-state index contributed by atoms with van der Waals surface area (Å²) in [4.78, 5) is 37.5. The van der Waals surface area contributed by atoms with Gasteiger partial charge in [-0.25, -0.2) is 9.59 Å². The lowest BCUT2D eigenvalue weighted by Crippen LogP contribution is -2.42. The minimum absolute atomic E-state index is 0.0112. The van der Waals surface area contributed by atoms with Crippen LogP contribution in [0.4, 0.5) is 4.79 Å². The Bertz CT molecular complexity index is 1010. The van der Waals surface area contributed by atoms with Crippen LogP contribution in [0.3, 0.4) is 0 Å². The number of aliphatic carboxylic acids is 1. The summed E-state index contributed by atoms with van der Waals surface area (Å²) in [6, 6.07) is 15.7. The second-order valence-electron chi connectivity index (χ2n) is 9.20. The number of alkyl carbamates (subject to hydrolysis) is 1. The molecule has 0 bridgehead atoms. The molecule has 1 fully saturated rings. The zero-order valence-corrected chi connectivity index (χ0v) is 19.5. The summed E-state index contributed by atoms with van der Waals surface area (Å²) in [5, 5.41) is 12.2. The zero-order valence-electron chi connectivity index (χ0n) is 19.5. The third-order valence-corrected chi connectivity index (χ3v) is 6.95. The van der Waals surface area contributed by atoms with Crippen molar-refractivity contribution in [2.24, 2.45) is 5.92 Å². The summed E-state index contributed by atoms with van der Waals surface area (Å²) >= 11 is 0. The van der Waals surface area contributed by atoms with E-state index in [0.717, 1.165) is 19.3 Å². The first-order valence-electron chi connectivity index (χ1n) is 12.1. The lowest BCUT2D eigenvalue weighted by molar-refractivity contribution is -0.149. The number of hydrogen-bond donors (Lipinski definition) is 2. The van der Waals surface area contributed by atoms with Crippen molar-refractivity contribution < 1.29 is 24.2 Å². The van der Waals surface area contributed by atoms with Gasteiger partial charge in [0.25, 0.3) is 0 Å². The fourth-order valence-electron chi connectivity index (χ4n) is 5.16. The van der Waals surface area contributed by atoms with Gasteiger partial charge in [0.1, 0.15) is 12.6 Å². The van der Waals surface area contributed by atoms with Gasteiger partial charge in [0.2, 0.25) is 5.91 Å². The number of carbonyl (C=O) groups is 3. The minimum Gasteiger partial charge on any atom is -0.480 e. The molecular weight excluding hydrogens is 432 g/mol. The van der Waals surface area contributed by atoms with Gasteiger partial charge in [-0.15, -0.1) is 0 Å². The lowest BCUT2D eigenvalue weighted by Gasteiger charge is -2.23. The van der Waals surface area contributed by atoms with Crippen LogP contribution in [0, 0.1) is 5.92 Å². The number of unbranched alkanes of at least 4 members (excludes halogenated alkanes) is 2. The highest BCUT2D eigenvalue weighted by Crippen LogP contribution is 2.44. The Morgan fingerprint density at radius 2 is 1.65 bits per heavy atom. The molecule has 2 aliphatic rings. The van der Waals surface area contributed by atoms with Crippen molar-refractivity contribution in [3.05, 3.63) is 59.7 Å². The first kappa shape index (κ1) is 23.8. The number of carbonyl (C=O) groups excluding carboxylic acids is 2. The Balaban J connectivity index is 1.15. The predicted molar refractivity (Wildman–Crippen MR) is 128 cm³/mol. The smallest absolute Gasteiger partial charge is 0.407 e. The van der Waals surface area contributed by atoms with Gasteiger partial charge in [0, 0.05) is 25.4 Å². The first-order chi connectivity index (χ1) is 16.5. The second kappa shape index (κ2) is 10.7. The molecule has 2 N–H and O–H groups in total. The van der Waals surface area contributed by atoms with Gasteiger partial charge in [0.05, 0.1) is 0 Å². The molecule has 0 radical (unpaired) electrons. The molecule has 0 aromatic heterocycles. The van der Waals surface area contributed by atoms with E-state index in [-0.39, 0.29) is 24.3 Å². The van der Waals surface area contributed by atoms with E-state index in [4.69, 9.17) is 4.74 Å². The monoisotopic (exact) mass is 464 g/mol.